The van der Waals surface area contributed by atoms with Gasteiger partial charge in [-0.25, -0.2) is 0 Å². The summed E-state index contributed by atoms with van der Waals surface area (Å²) >= 11 is 0. The molecule has 1 aromatic rings. The molecule has 126 valence electrons. The molecule has 0 bridgehead atoms. The van der Waals surface area contributed by atoms with E-state index < -0.39 is 36.1 Å². The van der Waals surface area contributed by atoms with Crippen LogP contribution in [0, 0.1) is 11.8 Å². The Balaban J connectivity index is 1.85. The normalized spacial score (nSPS) is 34.4. The van der Waals surface area contributed by atoms with Gasteiger partial charge < -0.3 is 14.6 Å². The van der Waals surface area contributed by atoms with Crippen LogP contribution >= 0.6 is 0 Å². The van der Waals surface area contributed by atoms with E-state index in [9.17, 15) is 19.5 Å². The first-order valence-electron chi connectivity index (χ1n) is 8.28. The number of fused-ring (bicyclic) bond motifs is 4. The predicted molar refractivity (Wildman–Crippen MR) is 81.8 cm³/mol. The van der Waals surface area contributed by atoms with Crippen molar-refractivity contribution in [3.63, 3.8) is 0 Å². The summed E-state index contributed by atoms with van der Waals surface area (Å²) in [7, 11) is 0. The highest BCUT2D eigenvalue weighted by atomic mass is 16.6. The maximum atomic E-state index is 13.0. The second kappa shape index (κ2) is 5.41. The van der Waals surface area contributed by atoms with E-state index in [1.165, 1.54) is 6.07 Å². The fraction of sp³-hybridized carbons (Fsp3) is 0.500. The van der Waals surface area contributed by atoms with Crippen LogP contribution in [0.5, 0.6) is 5.75 Å². The summed E-state index contributed by atoms with van der Waals surface area (Å²) in [5, 5.41) is 10.1. The first-order valence-corrected chi connectivity index (χ1v) is 8.28. The van der Waals surface area contributed by atoms with Crippen molar-refractivity contribution in [1.82, 2.24) is 0 Å². The Morgan fingerprint density at radius 3 is 2.71 bits per heavy atom. The number of rotatable bonds is 2. The second-order valence-corrected chi connectivity index (χ2v) is 6.64. The molecule has 1 N–H and O–H groups in total. The Bertz CT molecular complexity index is 739. The largest absolute Gasteiger partial charge is 0.507 e. The van der Waals surface area contributed by atoms with Gasteiger partial charge in [0.05, 0.1) is 29.9 Å². The number of carbonyl (C=O) groups excluding carboxylic acids is 3. The smallest absolute Gasteiger partial charge is 0.308 e. The van der Waals surface area contributed by atoms with Gasteiger partial charge in [0.2, 0.25) is 0 Å². The van der Waals surface area contributed by atoms with Gasteiger partial charge in [-0.05, 0) is 12.5 Å². The van der Waals surface area contributed by atoms with Crippen LogP contribution in [0.25, 0.3) is 0 Å². The van der Waals surface area contributed by atoms with Gasteiger partial charge in [-0.3, -0.25) is 14.4 Å². The highest BCUT2D eigenvalue weighted by Crippen LogP contribution is 2.46. The van der Waals surface area contributed by atoms with Crippen LogP contribution in [-0.2, 0) is 14.3 Å². The average molecular weight is 330 g/mol. The first kappa shape index (κ1) is 15.3. The van der Waals surface area contributed by atoms with Gasteiger partial charge in [-0.15, -0.1) is 0 Å². The number of esters is 1. The Kier molecular flexibility index (Phi) is 3.46. The average Bonchev–Trinajstić information content (AvgIpc) is 2.91. The molecule has 3 aliphatic rings. The number of hydrogen-bond donors (Lipinski definition) is 1. The van der Waals surface area contributed by atoms with Crippen LogP contribution in [0.1, 0.15) is 46.9 Å². The number of hydrogen-bond acceptors (Lipinski definition) is 6. The van der Waals surface area contributed by atoms with Crippen LogP contribution < -0.4 is 0 Å². The fourth-order valence-electron chi connectivity index (χ4n) is 4.26. The lowest BCUT2D eigenvalue weighted by Gasteiger charge is -2.44. The molecule has 0 aromatic heterocycles. The number of Topliss-reactive ketones (excluding diaryl/α,β-unsaturated/α-hetero) is 2. The third-order valence-corrected chi connectivity index (χ3v) is 5.23. The SMILES string of the molecule is CCCC1OC2CC(=O)OC2C2C(=O)c3cccc(O)c3C(=O)C12. The van der Waals surface area contributed by atoms with Crippen molar-refractivity contribution in [2.75, 3.05) is 0 Å². The Morgan fingerprint density at radius 1 is 1.17 bits per heavy atom. The lowest BCUT2D eigenvalue weighted by molar-refractivity contribution is -0.155. The van der Waals surface area contributed by atoms with Gasteiger partial charge in [0.25, 0.3) is 0 Å². The molecule has 2 fully saturated rings. The molecule has 6 heteroatoms. The van der Waals surface area contributed by atoms with Crippen molar-refractivity contribution >= 4 is 17.5 Å². The summed E-state index contributed by atoms with van der Waals surface area (Å²) in [5.41, 5.74) is 0.274. The van der Waals surface area contributed by atoms with Crippen LogP contribution in [0.4, 0.5) is 0 Å². The van der Waals surface area contributed by atoms with Gasteiger partial charge in [0.1, 0.15) is 18.0 Å². The first-order chi connectivity index (χ1) is 11.5. The zero-order chi connectivity index (χ0) is 17.0. The lowest BCUT2D eigenvalue weighted by Crippen LogP contribution is -2.57. The molecule has 5 atom stereocenters. The van der Waals surface area contributed by atoms with Gasteiger partial charge in [-0.2, -0.15) is 0 Å². The minimum absolute atomic E-state index is 0.0660. The molecule has 6 nitrogen and oxygen atoms in total. The number of phenolic OH excluding ortho intramolecular Hbond substituents is 1. The molecule has 2 heterocycles. The zero-order valence-corrected chi connectivity index (χ0v) is 13.2. The van der Waals surface area contributed by atoms with E-state index in [0.717, 1.165) is 6.42 Å². The number of phenols is 1. The summed E-state index contributed by atoms with van der Waals surface area (Å²) in [6, 6.07) is 4.49. The molecular formula is C18H18O6. The summed E-state index contributed by atoms with van der Waals surface area (Å²) in [5.74, 6) is -2.58. The molecule has 1 aliphatic carbocycles. The predicted octanol–water partition coefficient (Wildman–Crippen LogP) is 1.89. The third-order valence-electron chi connectivity index (χ3n) is 5.23. The Hall–Kier alpha value is -2.21. The number of carbonyl (C=O) groups is 3. The van der Waals surface area contributed by atoms with Gasteiger partial charge in [0.15, 0.2) is 11.6 Å². The number of ketones is 2. The summed E-state index contributed by atoms with van der Waals surface area (Å²) in [4.78, 5) is 37.8. The molecule has 0 amide bonds. The molecule has 5 unspecified atom stereocenters. The molecule has 0 spiro atoms. The van der Waals surface area contributed by atoms with E-state index in [4.69, 9.17) is 9.47 Å². The molecule has 24 heavy (non-hydrogen) atoms. The molecule has 2 aliphatic heterocycles. The standard InChI is InChI=1S/C18H18O6/c1-2-4-10-14-15(18-11(23-10)7-12(20)24-18)16(21)8-5-3-6-9(19)13(8)17(14)22/h3,5-6,10-11,14-15,18-19H,2,4,7H2,1H3. The van der Waals surface area contributed by atoms with E-state index in [-0.39, 0.29) is 34.9 Å². The summed E-state index contributed by atoms with van der Waals surface area (Å²) < 4.78 is 11.3. The monoisotopic (exact) mass is 330 g/mol. The number of benzene rings is 1. The molecule has 4 rings (SSSR count). The molecular weight excluding hydrogens is 312 g/mol. The maximum Gasteiger partial charge on any atom is 0.308 e. The van der Waals surface area contributed by atoms with E-state index in [1.807, 2.05) is 6.92 Å². The van der Waals surface area contributed by atoms with Crippen molar-refractivity contribution in [1.29, 1.82) is 0 Å². The van der Waals surface area contributed by atoms with Crippen LogP contribution in [0.2, 0.25) is 0 Å². The number of ether oxygens (including phenoxy) is 2. The molecule has 1 aromatic carbocycles. The van der Waals surface area contributed by atoms with Gasteiger partial charge in [0, 0.05) is 5.56 Å². The van der Waals surface area contributed by atoms with Crippen molar-refractivity contribution < 1.29 is 29.0 Å². The minimum atomic E-state index is -0.728. The van der Waals surface area contributed by atoms with Gasteiger partial charge >= 0.3 is 5.97 Å². The van der Waals surface area contributed by atoms with E-state index >= 15 is 0 Å². The van der Waals surface area contributed by atoms with E-state index in [0.29, 0.717) is 6.42 Å². The summed E-state index contributed by atoms with van der Waals surface area (Å²) in [6.45, 7) is 1.97. The number of aromatic hydroxyl groups is 1. The van der Waals surface area contributed by atoms with Crippen LogP contribution in [-0.4, -0.2) is 41.0 Å². The third kappa shape index (κ3) is 2.02. The highest BCUT2D eigenvalue weighted by Gasteiger charge is 2.59. The topological polar surface area (TPSA) is 89.9 Å². The van der Waals surface area contributed by atoms with E-state index in [2.05, 4.69) is 0 Å². The highest BCUT2D eigenvalue weighted by molar-refractivity contribution is 6.18. The van der Waals surface area contributed by atoms with Crippen molar-refractivity contribution in [3.05, 3.63) is 29.3 Å². The van der Waals surface area contributed by atoms with Crippen molar-refractivity contribution in [2.45, 2.75) is 44.5 Å². The van der Waals surface area contributed by atoms with Gasteiger partial charge in [-0.1, -0.05) is 25.5 Å². The molecule has 0 saturated carbocycles. The van der Waals surface area contributed by atoms with E-state index in [1.54, 1.807) is 12.1 Å². The molecule has 0 radical (unpaired) electrons. The second-order valence-electron chi connectivity index (χ2n) is 6.64. The van der Waals surface area contributed by atoms with Crippen LogP contribution in [0.15, 0.2) is 18.2 Å². The maximum absolute atomic E-state index is 13.0. The van der Waals surface area contributed by atoms with Crippen LogP contribution in [0.3, 0.4) is 0 Å². The quantitative estimate of drug-likeness (QED) is 0.833. The Morgan fingerprint density at radius 2 is 1.96 bits per heavy atom. The summed E-state index contributed by atoms with van der Waals surface area (Å²) in [6.07, 6.45) is -0.133. The fourth-order valence-corrected chi connectivity index (χ4v) is 4.26. The lowest BCUT2D eigenvalue weighted by atomic mass is 9.66. The zero-order valence-electron chi connectivity index (χ0n) is 13.2. The van der Waals surface area contributed by atoms with Crippen molar-refractivity contribution in [3.8, 4) is 5.75 Å². The minimum Gasteiger partial charge on any atom is -0.507 e. The molecule has 2 saturated heterocycles. The Labute approximate surface area is 138 Å². The van der Waals surface area contributed by atoms with Crippen molar-refractivity contribution in [2.24, 2.45) is 11.8 Å².